The Balaban J connectivity index is 1.74. The van der Waals surface area contributed by atoms with Gasteiger partial charge in [0.2, 0.25) is 0 Å². The molecule has 3 nitrogen and oxygen atoms in total. The molecule has 1 aromatic heterocycles. The van der Waals surface area contributed by atoms with E-state index in [2.05, 4.69) is 22.5 Å². The molecule has 0 aromatic carbocycles. The molecular weight excluding hydrogens is 254 g/mol. The summed E-state index contributed by atoms with van der Waals surface area (Å²) < 4.78 is 0. The van der Waals surface area contributed by atoms with Crippen LogP contribution in [0.15, 0.2) is 5.38 Å². The summed E-state index contributed by atoms with van der Waals surface area (Å²) >= 11 is 1.86. The number of rotatable bonds is 7. The largest absolute Gasteiger partial charge is 0.320 e. The van der Waals surface area contributed by atoms with Gasteiger partial charge >= 0.3 is 0 Å². The van der Waals surface area contributed by atoms with Crippen molar-refractivity contribution in [1.82, 2.24) is 15.2 Å². The lowest BCUT2D eigenvalue weighted by Crippen LogP contribution is -2.34. The number of nitrogens with one attached hydrogen (secondary N) is 1. The number of nitrogens with zero attached hydrogens (tertiary/aromatic N) is 2. The van der Waals surface area contributed by atoms with Gasteiger partial charge in [-0.05, 0) is 64.8 Å². The van der Waals surface area contributed by atoms with E-state index in [0.29, 0.717) is 0 Å². The third kappa shape index (κ3) is 4.86. The fourth-order valence-corrected chi connectivity index (χ4v) is 3.70. The van der Waals surface area contributed by atoms with Gasteiger partial charge in [0.25, 0.3) is 0 Å². The van der Waals surface area contributed by atoms with Gasteiger partial charge in [-0.2, -0.15) is 0 Å². The number of likely N-dealkylation sites (tertiary alicyclic amines) is 1. The minimum Gasteiger partial charge on any atom is -0.320 e. The summed E-state index contributed by atoms with van der Waals surface area (Å²) in [5.41, 5.74) is 1.29. The third-order valence-electron chi connectivity index (χ3n) is 4.08. The van der Waals surface area contributed by atoms with Crippen molar-refractivity contribution >= 4 is 11.3 Å². The fourth-order valence-electron chi connectivity index (χ4n) is 2.76. The van der Waals surface area contributed by atoms with E-state index < -0.39 is 0 Å². The number of hydrogen-bond acceptors (Lipinski definition) is 4. The van der Waals surface area contributed by atoms with Gasteiger partial charge in [0, 0.05) is 11.8 Å². The average molecular weight is 281 g/mol. The monoisotopic (exact) mass is 281 g/mol. The molecule has 19 heavy (non-hydrogen) atoms. The van der Waals surface area contributed by atoms with Crippen LogP contribution in [0, 0.1) is 5.92 Å². The molecule has 0 bridgehead atoms. The maximum absolute atomic E-state index is 4.79. The summed E-state index contributed by atoms with van der Waals surface area (Å²) in [4.78, 5) is 7.35. The molecule has 0 unspecified atom stereocenters. The summed E-state index contributed by atoms with van der Waals surface area (Å²) in [7, 11) is 2.01. The Morgan fingerprint density at radius 1 is 1.42 bits per heavy atom. The number of piperidine rings is 1. The van der Waals surface area contributed by atoms with E-state index in [1.165, 1.54) is 56.0 Å². The van der Waals surface area contributed by atoms with Crippen molar-refractivity contribution in [3.8, 4) is 0 Å². The molecule has 2 rings (SSSR count). The van der Waals surface area contributed by atoms with Crippen molar-refractivity contribution < 1.29 is 0 Å². The van der Waals surface area contributed by atoms with Crippen LogP contribution < -0.4 is 5.32 Å². The lowest BCUT2D eigenvalue weighted by molar-refractivity contribution is 0.192. The zero-order valence-electron chi connectivity index (χ0n) is 12.3. The molecule has 108 valence electrons. The molecule has 0 saturated carbocycles. The molecule has 0 radical (unpaired) electrons. The first-order chi connectivity index (χ1) is 9.31. The predicted molar refractivity (Wildman–Crippen MR) is 82.9 cm³/mol. The van der Waals surface area contributed by atoms with Gasteiger partial charge in [-0.15, -0.1) is 11.3 Å². The van der Waals surface area contributed by atoms with Crippen LogP contribution in [0.5, 0.6) is 0 Å². The fraction of sp³-hybridized carbons (Fsp3) is 0.800. The van der Waals surface area contributed by atoms with E-state index in [1.54, 1.807) is 0 Å². The van der Waals surface area contributed by atoms with Crippen LogP contribution in [0.1, 0.15) is 36.9 Å². The molecule has 1 N–H and O–H groups in total. The van der Waals surface area contributed by atoms with Gasteiger partial charge in [0.05, 0.1) is 10.7 Å². The van der Waals surface area contributed by atoms with Crippen molar-refractivity contribution in [3.05, 3.63) is 16.1 Å². The van der Waals surface area contributed by atoms with Crippen LogP contribution in [0.2, 0.25) is 0 Å². The Hall–Kier alpha value is -0.450. The molecule has 0 atom stereocenters. The summed E-state index contributed by atoms with van der Waals surface area (Å²) in [6.45, 7) is 7.11. The molecule has 0 aliphatic carbocycles. The van der Waals surface area contributed by atoms with Crippen molar-refractivity contribution in [2.45, 2.75) is 39.0 Å². The lowest BCUT2D eigenvalue weighted by Gasteiger charge is -2.30. The Morgan fingerprint density at radius 2 is 2.21 bits per heavy atom. The maximum atomic E-state index is 4.79. The second-order valence-corrected chi connectivity index (χ2v) is 6.46. The second kappa shape index (κ2) is 7.98. The molecule has 2 heterocycles. The summed E-state index contributed by atoms with van der Waals surface area (Å²) in [5, 5.41) is 6.80. The first-order valence-corrected chi connectivity index (χ1v) is 8.50. The van der Waals surface area contributed by atoms with Crippen LogP contribution in [0.25, 0.3) is 0 Å². The number of aromatic nitrogens is 1. The highest BCUT2D eigenvalue weighted by atomic mass is 32.1. The summed E-state index contributed by atoms with van der Waals surface area (Å²) in [5.74, 6) is 0.860. The van der Waals surface area contributed by atoms with Crippen LogP contribution in [0.3, 0.4) is 0 Å². The molecule has 1 saturated heterocycles. The first-order valence-electron chi connectivity index (χ1n) is 7.62. The molecule has 1 aromatic rings. The Bertz CT molecular complexity index is 356. The SMILES string of the molecule is CCN1CCC(Cc2nc(CCCNC)cs2)CC1. The van der Waals surface area contributed by atoms with Gasteiger partial charge in [-0.3, -0.25) is 0 Å². The number of hydrogen-bond donors (Lipinski definition) is 1. The molecule has 1 fully saturated rings. The molecule has 1 aliphatic heterocycles. The van der Waals surface area contributed by atoms with E-state index in [4.69, 9.17) is 4.98 Å². The zero-order chi connectivity index (χ0) is 13.5. The Labute approximate surface area is 121 Å². The van der Waals surface area contributed by atoms with Crippen LogP contribution in [0.4, 0.5) is 0 Å². The van der Waals surface area contributed by atoms with Crippen LogP contribution >= 0.6 is 11.3 Å². The standard InChI is InChI=1S/C15H27N3S/c1-3-18-9-6-13(7-10-18)11-15-17-14(12-19-15)5-4-8-16-2/h12-13,16H,3-11H2,1-2H3. The predicted octanol–water partition coefficient (Wildman–Crippen LogP) is 2.57. The Morgan fingerprint density at radius 3 is 2.89 bits per heavy atom. The van der Waals surface area contributed by atoms with E-state index >= 15 is 0 Å². The topological polar surface area (TPSA) is 28.2 Å². The highest BCUT2D eigenvalue weighted by molar-refractivity contribution is 7.09. The van der Waals surface area contributed by atoms with Crippen LogP contribution in [-0.4, -0.2) is 43.1 Å². The lowest BCUT2D eigenvalue weighted by atomic mass is 9.94. The van der Waals surface area contributed by atoms with E-state index in [1.807, 2.05) is 18.4 Å². The smallest absolute Gasteiger partial charge is 0.0931 e. The van der Waals surface area contributed by atoms with Gasteiger partial charge in [0.15, 0.2) is 0 Å². The van der Waals surface area contributed by atoms with Crippen molar-refractivity contribution in [2.24, 2.45) is 5.92 Å². The highest BCUT2D eigenvalue weighted by Gasteiger charge is 2.19. The van der Waals surface area contributed by atoms with Crippen molar-refractivity contribution in [3.63, 3.8) is 0 Å². The van der Waals surface area contributed by atoms with Gasteiger partial charge in [-0.25, -0.2) is 4.98 Å². The molecule has 1 aliphatic rings. The summed E-state index contributed by atoms with van der Waals surface area (Å²) in [6.07, 6.45) is 6.21. The van der Waals surface area contributed by atoms with Crippen molar-refractivity contribution in [2.75, 3.05) is 33.2 Å². The molecule has 4 heteroatoms. The molecular formula is C15H27N3S. The maximum Gasteiger partial charge on any atom is 0.0931 e. The normalized spacial score (nSPS) is 18.0. The molecule has 0 amide bonds. The number of thiazole rings is 1. The zero-order valence-corrected chi connectivity index (χ0v) is 13.1. The van der Waals surface area contributed by atoms with Gasteiger partial charge < -0.3 is 10.2 Å². The first kappa shape index (κ1) is 14.9. The second-order valence-electron chi connectivity index (χ2n) is 5.52. The average Bonchev–Trinajstić information content (AvgIpc) is 2.88. The van der Waals surface area contributed by atoms with E-state index in [-0.39, 0.29) is 0 Å². The minimum absolute atomic E-state index is 0.860. The Kier molecular flexibility index (Phi) is 6.28. The molecule has 0 spiro atoms. The quantitative estimate of drug-likeness (QED) is 0.779. The van der Waals surface area contributed by atoms with E-state index in [9.17, 15) is 0 Å². The van der Waals surface area contributed by atoms with Gasteiger partial charge in [0.1, 0.15) is 0 Å². The third-order valence-corrected chi connectivity index (χ3v) is 5.00. The van der Waals surface area contributed by atoms with Crippen molar-refractivity contribution in [1.29, 1.82) is 0 Å². The number of aryl methyl sites for hydroxylation is 1. The van der Waals surface area contributed by atoms with E-state index in [0.717, 1.165) is 18.9 Å². The summed E-state index contributed by atoms with van der Waals surface area (Å²) in [6, 6.07) is 0. The van der Waals surface area contributed by atoms with Gasteiger partial charge in [-0.1, -0.05) is 6.92 Å². The minimum atomic E-state index is 0.860. The van der Waals surface area contributed by atoms with Crippen LogP contribution in [-0.2, 0) is 12.8 Å². The highest BCUT2D eigenvalue weighted by Crippen LogP contribution is 2.23.